The van der Waals surface area contributed by atoms with Crippen molar-refractivity contribution in [3.05, 3.63) is 67.1 Å². The topological polar surface area (TPSA) is 69.2 Å². The maximum atomic E-state index is 5.31. The summed E-state index contributed by atoms with van der Waals surface area (Å²) >= 11 is 0. The fourth-order valence-electron chi connectivity index (χ4n) is 2.80. The summed E-state index contributed by atoms with van der Waals surface area (Å²) in [7, 11) is 3.25. The zero-order valence-corrected chi connectivity index (χ0v) is 15.0. The fourth-order valence-corrected chi connectivity index (χ4v) is 2.80. The smallest absolute Gasteiger partial charge is 0.131 e. The number of pyridine rings is 3. The molecule has 0 spiro atoms. The number of aromatic nitrogens is 3. The molecule has 0 aliphatic rings. The predicted molar refractivity (Wildman–Crippen MR) is 106 cm³/mol. The Morgan fingerprint density at radius 1 is 0.815 bits per heavy atom. The van der Waals surface area contributed by atoms with E-state index >= 15 is 0 Å². The third-order valence-electron chi connectivity index (χ3n) is 4.16. The summed E-state index contributed by atoms with van der Waals surface area (Å²) in [6.07, 6.45) is 5.40. The third-order valence-corrected chi connectivity index (χ3v) is 4.16. The first-order valence-corrected chi connectivity index (χ1v) is 8.42. The molecule has 0 saturated carbocycles. The van der Waals surface area contributed by atoms with Crippen molar-refractivity contribution in [3.8, 4) is 22.6 Å². The summed E-state index contributed by atoms with van der Waals surface area (Å²) < 4.78 is 10.6. The third kappa shape index (κ3) is 3.64. The minimum absolute atomic E-state index is 0.707. The van der Waals surface area contributed by atoms with Crippen LogP contribution in [0.4, 0.5) is 11.5 Å². The Hall–Kier alpha value is -3.67. The Labute approximate surface area is 156 Å². The van der Waals surface area contributed by atoms with Gasteiger partial charge in [-0.05, 0) is 24.3 Å². The number of fused-ring (bicyclic) bond motifs is 1. The number of benzene rings is 1. The van der Waals surface area contributed by atoms with Gasteiger partial charge in [0.15, 0.2) is 0 Å². The zero-order valence-electron chi connectivity index (χ0n) is 15.0. The van der Waals surface area contributed by atoms with Crippen molar-refractivity contribution in [2.75, 3.05) is 19.5 Å². The van der Waals surface area contributed by atoms with Gasteiger partial charge < -0.3 is 14.8 Å². The van der Waals surface area contributed by atoms with E-state index in [0.29, 0.717) is 17.3 Å². The van der Waals surface area contributed by atoms with E-state index in [9.17, 15) is 0 Å². The number of rotatable bonds is 5. The molecule has 134 valence electrons. The molecule has 0 bridgehead atoms. The molecule has 4 rings (SSSR count). The normalized spacial score (nSPS) is 10.6. The largest absolute Gasteiger partial charge is 0.497 e. The van der Waals surface area contributed by atoms with E-state index in [1.54, 1.807) is 20.4 Å². The van der Waals surface area contributed by atoms with Gasteiger partial charge >= 0.3 is 0 Å². The van der Waals surface area contributed by atoms with Crippen molar-refractivity contribution in [2.45, 2.75) is 0 Å². The van der Waals surface area contributed by atoms with Gasteiger partial charge in [0.25, 0.3) is 0 Å². The van der Waals surface area contributed by atoms with Crippen molar-refractivity contribution in [1.29, 1.82) is 0 Å². The molecule has 0 saturated heterocycles. The molecule has 1 aromatic carbocycles. The van der Waals surface area contributed by atoms with Gasteiger partial charge in [0.1, 0.15) is 17.3 Å². The minimum Gasteiger partial charge on any atom is -0.497 e. The molecule has 3 aromatic heterocycles. The number of ether oxygens (including phenoxy) is 2. The van der Waals surface area contributed by atoms with E-state index in [4.69, 9.17) is 14.5 Å². The van der Waals surface area contributed by atoms with Gasteiger partial charge in [-0.25, -0.2) is 4.98 Å². The van der Waals surface area contributed by atoms with Crippen molar-refractivity contribution >= 4 is 22.5 Å². The number of nitrogens with zero attached hydrogens (tertiary/aromatic N) is 3. The molecular formula is C21H18N4O2. The first-order valence-electron chi connectivity index (χ1n) is 8.42. The highest BCUT2D eigenvalue weighted by Gasteiger charge is 2.06. The lowest BCUT2D eigenvalue weighted by molar-refractivity contribution is 0.395. The Kier molecular flexibility index (Phi) is 4.53. The summed E-state index contributed by atoms with van der Waals surface area (Å²) in [4.78, 5) is 13.4. The summed E-state index contributed by atoms with van der Waals surface area (Å²) in [6.45, 7) is 0. The van der Waals surface area contributed by atoms with Crippen LogP contribution in [0.3, 0.4) is 0 Å². The highest BCUT2D eigenvalue weighted by atomic mass is 16.5. The highest BCUT2D eigenvalue weighted by molar-refractivity contribution is 5.82. The Balaban J connectivity index is 1.69. The highest BCUT2D eigenvalue weighted by Crippen LogP contribution is 2.28. The van der Waals surface area contributed by atoms with Crippen LogP contribution < -0.4 is 14.8 Å². The second-order valence-corrected chi connectivity index (χ2v) is 5.93. The van der Waals surface area contributed by atoms with Crippen LogP contribution >= 0.6 is 0 Å². The molecule has 0 aliphatic heterocycles. The molecule has 6 nitrogen and oxygen atoms in total. The van der Waals surface area contributed by atoms with Crippen molar-refractivity contribution in [3.63, 3.8) is 0 Å². The second kappa shape index (κ2) is 7.29. The van der Waals surface area contributed by atoms with Gasteiger partial charge in [-0.2, -0.15) is 0 Å². The average molecular weight is 358 g/mol. The molecule has 27 heavy (non-hydrogen) atoms. The van der Waals surface area contributed by atoms with Crippen molar-refractivity contribution in [2.24, 2.45) is 0 Å². The van der Waals surface area contributed by atoms with Gasteiger partial charge in [0.2, 0.25) is 0 Å². The van der Waals surface area contributed by atoms with Crippen molar-refractivity contribution < 1.29 is 9.47 Å². The Morgan fingerprint density at radius 3 is 2.33 bits per heavy atom. The second-order valence-electron chi connectivity index (χ2n) is 5.93. The van der Waals surface area contributed by atoms with E-state index in [2.05, 4.69) is 15.3 Å². The number of methoxy groups -OCH3 is 2. The lowest BCUT2D eigenvalue weighted by atomic mass is 10.1. The Morgan fingerprint density at radius 2 is 1.63 bits per heavy atom. The summed E-state index contributed by atoms with van der Waals surface area (Å²) in [5, 5.41) is 3.29. The molecular weight excluding hydrogens is 340 g/mol. The fraction of sp³-hybridized carbons (Fsp3) is 0.0952. The Bertz CT molecular complexity index is 1060. The molecule has 0 radical (unpaired) electrons. The summed E-state index contributed by atoms with van der Waals surface area (Å²) in [5.41, 5.74) is 4.44. The molecule has 0 fully saturated rings. The van der Waals surface area contributed by atoms with E-state index < -0.39 is 0 Å². The average Bonchev–Trinajstić information content (AvgIpc) is 2.73. The number of hydrogen-bond acceptors (Lipinski definition) is 6. The zero-order chi connectivity index (χ0) is 18.6. The van der Waals surface area contributed by atoms with Crippen LogP contribution in [0.1, 0.15) is 0 Å². The SMILES string of the molecule is COc1cc(Nc2ccc3ncc(-c4cccnc4)cc3n2)cc(OC)c1. The standard InChI is InChI=1S/C21H18N4O2/c1-26-17-9-16(10-18(11-17)27-2)24-21-6-5-19-20(25-21)8-15(13-23-19)14-4-3-7-22-12-14/h3-13H,1-2H3,(H,24,25). The van der Waals surface area contributed by atoms with Gasteiger partial charge in [-0.15, -0.1) is 0 Å². The first kappa shape index (κ1) is 16.8. The molecule has 0 aliphatic carbocycles. The molecule has 4 aromatic rings. The molecule has 1 N–H and O–H groups in total. The number of hydrogen-bond donors (Lipinski definition) is 1. The quantitative estimate of drug-likeness (QED) is 0.568. The molecule has 0 unspecified atom stereocenters. The molecule has 6 heteroatoms. The van der Waals surface area contributed by atoms with Crippen LogP contribution in [0.15, 0.2) is 67.1 Å². The van der Waals surface area contributed by atoms with Crippen LogP contribution in [0.5, 0.6) is 11.5 Å². The van der Waals surface area contributed by atoms with Gasteiger partial charge in [-0.1, -0.05) is 6.07 Å². The van der Waals surface area contributed by atoms with E-state index in [0.717, 1.165) is 27.8 Å². The minimum atomic E-state index is 0.707. The van der Waals surface area contributed by atoms with Crippen LogP contribution in [0.25, 0.3) is 22.2 Å². The summed E-state index contributed by atoms with van der Waals surface area (Å²) in [5.74, 6) is 2.12. The van der Waals surface area contributed by atoms with E-state index in [1.807, 2.05) is 60.9 Å². The van der Waals surface area contributed by atoms with E-state index in [1.165, 1.54) is 0 Å². The lowest BCUT2D eigenvalue weighted by Crippen LogP contribution is -1.96. The number of anilines is 2. The molecule has 0 atom stereocenters. The van der Waals surface area contributed by atoms with E-state index in [-0.39, 0.29) is 0 Å². The first-order chi connectivity index (χ1) is 13.2. The van der Waals surface area contributed by atoms with Gasteiger partial charge in [0.05, 0.1) is 25.3 Å². The summed E-state index contributed by atoms with van der Waals surface area (Å²) in [6, 6.07) is 15.3. The predicted octanol–water partition coefficient (Wildman–Crippen LogP) is 4.45. The van der Waals surface area contributed by atoms with Gasteiger partial charge in [-0.3, -0.25) is 9.97 Å². The van der Waals surface area contributed by atoms with Crippen LogP contribution in [-0.2, 0) is 0 Å². The van der Waals surface area contributed by atoms with Crippen LogP contribution in [0, 0.1) is 0 Å². The maximum absolute atomic E-state index is 5.31. The van der Waals surface area contributed by atoms with Crippen LogP contribution in [0.2, 0.25) is 0 Å². The van der Waals surface area contributed by atoms with Crippen LogP contribution in [-0.4, -0.2) is 29.2 Å². The number of nitrogens with one attached hydrogen (secondary N) is 1. The molecule has 3 heterocycles. The molecule has 0 amide bonds. The monoisotopic (exact) mass is 358 g/mol. The maximum Gasteiger partial charge on any atom is 0.131 e. The van der Waals surface area contributed by atoms with Crippen molar-refractivity contribution in [1.82, 2.24) is 15.0 Å². The van der Waals surface area contributed by atoms with Gasteiger partial charge in [0, 0.05) is 53.6 Å². The lowest BCUT2D eigenvalue weighted by Gasteiger charge is -2.11.